The van der Waals surface area contributed by atoms with Gasteiger partial charge in [0.1, 0.15) is 11.9 Å². The predicted molar refractivity (Wildman–Crippen MR) is 85.7 cm³/mol. The van der Waals surface area contributed by atoms with Gasteiger partial charge in [-0.2, -0.15) is 10.2 Å². The maximum Gasteiger partial charge on any atom is 0.236 e. The maximum absolute atomic E-state index is 9.39. The highest BCUT2D eigenvalue weighted by Gasteiger charge is 2.16. The zero-order valence-electron chi connectivity index (χ0n) is 11.8. The Morgan fingerprint density at radius 3 is 2.82 bits per heavy atom. The largest absolute Gasteiger partial charge is 0.384 e. The summed E-state index contributed by atoms with van der Waals surface area (Å²) in [6.45, 7) is 1.96. The molecule has 0 saturated carbocycles. The molecule has 0 aliphatic heterocycles. The molecule has 0 unspecified atom stereocenters. The third kappa shape index (κ3) is 2.41. The van der Waals surface area contributed by atoms with Crippen molar-refractivity contribution in [1.82, 2.24) is 14.5 Å². The third-order valence-electron chi connectivity index (χ3n) is 3.34. The van der Waals surface area contributed by atoms with Crippen molar-refractivity contribution in [2.45, 2.75) is 6.92 Å². The number of nitrogen functional groups attached to an aromatic ring is 1. The van der Waals surface area contributed by atoms with Crippen molar-refractivity contribution in [2.24, 2.45) is 0 Å². The lowest BCUT2D eigenvalue weighted by molar-refractivity contribution is 0.944. The summed E-state index contributed by atoms with van der Waals surface area (Å²) >= 11 is 6.11. The Morgan fingerprint density at radius 2 is 2.09 bits per heavy atom. The van der Waals surface area contributed by atoms with Gasteiger partial charge in [-0.15, -0.1) is 0 Å². The molecule has 2 aromatic heterocycles. The first-order valence-corrected chi connectivity index (χ1v) is 6.95. The average molecular weight is 310 g/mol. The lowest BCUT2D eigenvalue weighted by Gasteiger charge is -2.11. The normalized spacial score (nSPS) is 10.4. The summed E-state index contributed by atoms with van der Waals surface area (Å²) in [6, 6.07) is 11.1. The number of anilines is 1. The number of nitriles is 1. The van der Waals surface area contributed by atoms with Crippen molar-refractivity contribution < 1.29 is 0 Å². The molecule has 0 spiro atoms. The highest BCUT2D eigenvalue weighted by Crippen LogP contribution is 2.31. The van der Waals surface area contributed by atoms with Crippen LogP contribution in [0.2, 0.25) is 5.02 Å². The highest BCUT2D eigenvalue weighted by atomic mass is 35.5. The first-order chi connectivity index (χ1) is 10.6. The monoisotopic (exact) mass is 309 g/mol. The molecule has 3 aromatic rings. The number of nitrogens with zero attached hydrogens (tertiary/aromatic N) is 4. The standard InChI is InChI=1S/C16H12ClN5/c1-10-2-3-12(17)8-13(10)15-11(9-18)5-7-22(15)16-20-6-4-14(19)21-16/h2-8H,1H3,(H2,19,20,21). The molecular weight excluding hydrogens is 298 g/mol. The second kappa shape index (κ2) is 5.51. The number of nitrogens with two attached hydrogens (primary N) is 1. The van der Waals surface area contributed by atoms with E-state index in [1.807, 2.05) is 25.1 Å². The first-order valence-electron chi connectivity index (χ1n) is 6.57. The van der Waals surface area contributed by atoms with Gasteiger partial charge >= 0.3 is 0 Å². The van der Waals surface area contributed by atoms with Crippen molar-refractivity contribution >= 4 is 17.4 Å². The third-order valence-corrected chi connectivity index (χ3v) is 3.58. The molecule has 5 nitrogen and oxygen atoms in total. The van der Waals surface area contributed by atoms with Gasteiger partial charge in [0.05, 0.1) is 11.3 Å². The highest BCUT2D eigenvalue weighted by molar-refractivity contribution is 6.30. The van der Waals surface area contributed by atoms with E-state index in [-0.39, 0.29) is 0 Å². The first kappa shape index (κ1) is 14.1. The van der Waals surface area contributed by atoms with Crippen LogP contribution in [0.4, 0.5) is 5.82 Å². The summed E-state index contributed by atoms with van der Waals surface area (Å²) < 4.78 is 1.74. The van der Waals surface area contributed by atoms with Crippen LogP contribution in [0.5, 0.6) is 0 Å². The second-order valence-electron chi connectivity index (χ2n) is 4.80. The fraction of sp³-hybridized carbons (Fsp3) is 0.0625. The van der Waals surface area contributed by atoms with Crippen LogP contribution in [0.25, 0.3) is 17.2 Å². The molecule has 0 amide bonds. The number of hydrogen-bond acceptors (Lipinski definition) is 4. The van der Waals surface area contributed by atoms with Crippen LogP contribution in [-0.4, -0.2) is 14.5 Å². The van der Waals surface area contributed by atoms with E-state index >= 15 is 0 Å². The van der Waals surface area contributed by atoms with Gasteiger partial charge in [0, 0.05) is 23.0 Å². The van der Waals surface area contributed by atoms with Gasteiger partial charge in [0.25, 0.3) is 0 Å². The van der Waals surface area contributed by atoms with E-state index in [0.717, 1.165) is 11.1 Å². The molecule has 2 heterocycles. The second-order valence-corrected chi connectivity index (χ2v) is 5.24. The SMILES string of the molecule is Cc1ccc(Cl)cc1-c1c(C#N)ccn1-c1nccc(N)n1. The van der Waals surface area contributed by atoms with Gasteiger partial charge in [-0.1, -0.05) is 17.7 Å². The van der Waals surface area contributed by atoms with Crippen LogP contribution in [0.15, 0.2) is 42.7 Å². The van der Waals surface area contributed by atoms with Crippen LogP contribution in [0.1, 0.15) is 11.1 Å². The molecule has 0 bridgehead atoms. The molecule has 2 N–H and O–H groups in total. The Morgan fingerprint density at radius 1 is 1.27 bits per heavy atom. The van der Waals surface area contributed by atoms with Crippen molar-refractivity contribution in [2.75, 3.05) is 5.73 Å². The van der Waals surface area contributed by atoms with E-state index in [9.17, 15) is 5.26 Å². The molecule has 108 valence electrons. The number of aryl methyl sites for hydroxylation is 1. The Balaban J connectivity index is 2.29. The van der Waals surface area contributed by atoms with E-state index in [1.54, 1.807) is 29.1 Å². The van der Waals surface area contributed by atoms with Crippen LogP contribution in [-0.2, 0) is 0 Å². The van der Waals surface area contributed by atoms with Gasteiger partial charge in [-0.3, -0.25) is 4.57 Å². The smallest absolute Gasteiger partial charge is 0.236 e. The van der Waals surface area contributed by atoms with Gasteiger partial charge in [0.2, 0.25) is 5.95 Å². The lowest BCUT2D eigenvalue weighted by atomic mass is 10.0. The summed E-state index contributed by atoms with van der Waals surface area (Å²) in [4.78, 5) is 8.44. The number of halogens is 1. The minimum Gasteiger partial charge on any atom is -0.384 e. The molecule has 0 aliphatic carbocycles. The van der Waals surface area contributed by atoms with Gasteiger partial charge in [-0.05, 0) is 36.8 Å². The predicted octanol–water partition coefficient (Wildman–Crippen LogP) is 3.35. The Bertz CT molecular complexity index is 892. The molecule has 1 aromatic carbocycles. The van der Waals surface area contributed by atoms with Gasteiger partial charge < -0.3 is 5.73 Å². The average Bonchev–Trinajstić information content (AvgIpc) is 2.93. The Labute approximate surface area is 132 Å². The summed E-state index contributed by atoms with van der Waals surface area (Å²) in [6.07, 6.45) is 3.33. The van der Waals surface area contributed by atoms with Crippen molar-refractivity contribution in [3.63, 3.8) is 0 Å². The Kier molecular flexibility index (Phi) is 3.53. The fourth-order valence-electron chi connectivity index (χ4n) is 2.29. The molecule has 0 radical (unpaired) electrons. The van der Waals surface area contributed by atoms with Crippen LogP contribution >= 0.6 is 11.6 Å². The fourth-order valence-corrected chi connectivity index (χ4v) is 2.46. The number of aromatic nitrogens is 3. The van der Waals surface area contributed by atoms with Crippen molar-refractivity contribution in [3.8, 4) is 23.3 Å². The molecule has 22 heavy (non-hydrogen) atoms. The molecule has 0 atom stereocenters. The van der Waals surface area contributed by atoms with Gasteiger partial charge in [0.15, 0.2) is 0 Å². The molecular formula is C16H12ClN5. The molecule has 6 heteroatoms. The van der Waals surface area contributed by atoms with Crippen LogP contribution < -0.4 is 5.73 Å². The van der Waals surface area contributed by atoms with E-state index < -0.39 is 0 Å². The van der Waals surface area contributed by atoms with Crippen LogP contribution in [0.3, 0.4) is 0 Å². The van der Waals surface area contributed by atoms with E-state index in [2.05, 4.69) is 16.0 Å². The summed E-state index contributed by atoms with van der Waals surface area (Å²) in [5, 5.41) is 10.00. The molecule has 0 aliphatic rings. The quantitative estimate of drug-likeness (QED) is 0.787. The molecule has 0 fully saturated rings. The zero-order valence-corrected chi connectivity index (χ0v) is 12.5. The number of rotatable bonds is 2. The van der Waals surface area contributed by atoms with Crippen LogP contribution in [0, 0.1) is 18.3 Å². The minimum atomic E-state index is 0.367. The van der Waals surface area contributed by atoms with Crippen molar-refractivity contribution in [1.29, 1.82) is 5.26 Å². The molecule has 0 saturated heterocycles. The zero-order chi connectivity index (χ0) is 15.7. The van der Waals surface area contributed by atoms with Crippen molar-refractivity contribution in [3.05, 3.63) is 58.9 Å². The van der Waals surface area contributed by atoms with E-state index in [0.29, 0.717) is 28.0 Å². The lowest BCUT2D eigenvalue weighted by Crippen LogP contribution is -2.04. The topological polar surface area (TPSA) is 80.5 Å². The number of benzene rings is 1. The Hall–Kier alpha value is -2.84. The minimum absolute atomic E-state index is 0.367. The van der Waals surface area contributed by atoms with E-state index in [4.69, 9.17) is 17.3 Å². The van der Waals surface area contributed by atoms with E-state index in [1.165, 1.54) is 0 Å². The maximum atomic E-state index is 9.39. The molecule has 3 rings (SSSR count). The summed E-state index contributed by atoms with van der Waals surface area (Å²) in [5.41, 5.74) is 8.82. The number of hydrogen-bond donors (Lipinski definition) is 1. The summed E-state index contributed by atoms with van der Waals surface area (Å²) in [5.74, 6) is 0.779. The van der Waals surface area contributed by atoms with Gasteiger partial charge in [-0.25, -0.2) is 4.98 Å². The summed E-state index contributed by atoms with van der Waals surface area (Å²) in [7, 11) is 0.